The summed E-state index contributed by atoms with van der Waals surface area (Å²) in [6, 6.07) is 3.52. The van der Waals surface area contributed by atoms with Gasteiger partial charge in [0.15, 0.2) is 4.90 Å². The van der Waals surface area contributed by atoms with Crippen molar-refractivity contribution in [2.24, 2.45) is 0 Å². The molecule has 0 fully saturated rings. The molecule has 0 radical (unpaired) electrons. The van der Waals surface area contributed by atoms with Gasteiger partial charge in [0.25, 0.3) is 5.69 Å². The molecule has 0 aliphatic carbocycles. The predicted octanol–water partition coefficient (Wildman–Crippen LogP) is 2.28. The van der Waals surface area contributed by atoms with Crippen molar-refractivity contribution in [1.82, 2.24) is 4.31 Å². The Morgan fingerprint density at radius 2 is 1.89 bits per heavy atom. The van der Waals surface area contributed by atoms with E-state index in [0.29, 0.717) is 0 Å². The van der Waals surface area contributed by atoms with Gasteiger partial charge in [0.05, 0.1) is 4.92 Å². The molecule has 100 valence electrons. The first-order valence-electron chi connectivity index (χ1n) is 5.28. The third kappa shape index (κ3) is 2.80. The molecule has 0 amide bonds. The molecule has 0 saturated heterocycles. The van der Waals surface area contributed by atoms with E-state index in [2.05, 4.69) is 0 Å². The second kappa shape index (κ2) is 5.64. The smallest absolute Gasteiger partial charge is 0.258 e. The molecule has 0 aliphatic heterocycles. The number of nitrogens with zero attached hydrogens (tertiary/aromatic N) is 2. The van der Waals surface area contributed by atoms with E-state index < -0.39 is 20.6 Å². The standard InChI is InChI=1S/C10H13ClN2O4S/c1-3-12(4-2)18(16,17)10-6-5-8(11)7-9(10)13(14)15/h5-7H,3-4H2,1-2H3. The molecule has 0 aromatic heterocycles. The van der Waals surface area contributed by atoms with E-state index in [1.54, 1.807) is 13.8 Å². The first kappa shape index (κ1) is 14.9. The number of rotatable bonds is 5. The lowest BCUT2D eigenvalue weighted by molar-refractivity contribution is -0.387. The topological polar surface area (TPSA) is 80.5 Å². The summed E-state index contributed by atoms with van der Waals surface area (Å²) in [4.78, 5) is 9.80. The number of nitro benzene ring substituents is 1. The number of hydrogen-bond acceptors (Lipinski definition) is 4. The molecular weight excluding hydrogens is 280 g/mol. The van der Waals surface area contributed by atoms with Crippen molar-refractivity contribution in [3.8, 4) is 0 Å². The SMILES string of the molecule is CCN(CC)S(=O)(=O)c1ccc(Cl)cc1[N+](=O)[O-]. The lowest BCUT2D eigenvalue weighted by Gasteiger charge is -2.18. The van der Waals surface area contributed by atoms with E-state index in [-0.39, 0.29) is 23.0 Å². The summed E-state index contributed by atoms with van der Waals surface area (Å²) in [7, 11) is -3.86. The number of nitro groups is 1. The molecule has 0 unspecified atom stereocenters. The van der Waals surface area contributed by atoms with Crippen LogP contribution in [0.25, 0.3) is 0 Å². The molecular formula is C10H13ClN2O4S. The molecule has 18 heavy (non-hydrogen) atoms. The normalized spacial score (nSPS) is 11.8. The summed E-state index contributed by atoms with van der Waals surface area (Å²) in [6.45, 7) is 3.84. The largest absolute Gasteiger partial charge is 0.290 e. The van der Waals surface area contributed by atoms with Crippen LogP contribution in [-0.2, 0) is 10.0 Å². The minimum atomic E-state index is -3.86. The van der Waals surface area contributed by atoms with E-state index in [1.165, 1.54) is 6.07 Å². The van der Waals surface area contributed by atoms with Crippen LogP contribution in [-0.4, -0.2) is 30.7 Å². The fourth-order valence-electron chi connectivity index (χ4n) is 1.55. The van der Waals surface area contributed by atoms with Crippen molar-refractivity contribution in [2.45, 2.75) is 18.7 Å². The third-order valence-corrected chi connectivity index (χ3v) is 4.77. The van der Waals surface area contributed by atoms with Gasteiger partial charge in [-0.3, -0.25) is 10.1 Å². The lowest BCUT2D eigenvalue weighted by atomic mass is 10.3. The van der Waals surface area contributed by atoms with Crippen molar-refractivity contribution in [1.29, 1.82) is 0 Å². The van der Waals surface area contributed by atoms with Crippen molar-refractivity contribution >= 4 is 27.3 Å². The van der Waals surface area contributed by atoms with Crippen LogP contribution in [0.1, 0.15) is 13.8 Å². The van der Waals surface area contributed by atoms with Gasteiger partial charge in [-0.05, 0) is 12.1 Å². The van der Waals surface area contributed by atoms with E-state index in [1.807, 2.05) is 0 Å². The van der Waals surface area contributed by atoms with Gasteiger partial charge >= 0.3 is 0 Å². The maximum atomic E-state index is 12.2. The summed E-state index contributed by atoms with van der Waals surface area (Å²) in [5.41, 5.74) is -0.505. The molecule has 0 heterocycles. The van der Waals surface area contributed by atoms with E-state index >= 15 is 0 Å². The average molecular weight is 293 g/mol. The van der Waals surface area contributed by atoms with Gasteiger partial charge < -0.3 is 0 Å². The first-order chi connectivity index (χ1) is 8.34. The molecule has 0 bridgehead atoms. The molecule has 0 spiro atoms. The summed E-state index contributed by atoms with van der Waals surface area (Å²) in [5, 5.41) is 11.0. The van der Waals surface area contributed by atoms with Gasteiger partial charge in [0.2, 0.25) is 10.0 Å². The van der Waals surface area contributed by atoms with Crippen LogP contribution in [0.2, 0.25) is 5.02 Å². The molecule has 1 aromatic rings. The van der Waals surface area contributed by atoms with Crippen molar-refractivity contribution < 1.29 is 13.3 Å². The monoisotopic (exact) mass is 292 g/mol. The third-order valence-electron chi connectivity index (χ3n) is 2.44. The van der Waals surface area contributed by atoms with Crippen molar-refractivity contribution in [3.63, 3.8) is 0 Å². The van der Waals surface area contributed by atoms with Crippen LogP contribution < -0.4 is 0 Å². The van der Waals surface area contributed by atoms with Crippen LogP contribution in [0.3, 0.4) is 0 Å². The maximum Gasteiger partial charge on any atom is 0.290 e. The van der Waals surface area contributed by atoms with Crippen LogP contribution in [0.15, 0.2) is 23.1 Å². The van der Waals surface area contributed by atoms with Crippen molar-refractivity contribution in [3.05, 3.63) is 33.3 Å². The zero-order valence-corrected chi connectivity index (χ0v) is 11.5. The van der Waals surface area contributed by atoms with E-state index in [9.17, 15) is 18.5 Å². The minimum Gasteiger partial charge on any atom is -0.258 e. The highest BCUT2D eigenvalue weighted by molar-refractivity contribution is 7.89. The highest BCUT2D eigenvalue weighted by atomic mass is 35.5. The van der Waals surface area contributed by atoms with E-state index in [4.69, 9.17) is 11.6 Å². The maximum absolute atomic E-state index is 12.2. The second-order valence-electron chi connectivity index (χ2n) is 3.46. The zero-order chi connectivity index (χ0) is 13.9. The molecule has 0 N–H and O–H groups in total. The fraction of sp³-hybridized carbons (Fsp3) is 0.400. The number of hydrogen-bond donors (Lipinski definition) is 0. The molecule has 6 nitrogen and oxygen atoms in total. The van der Waals surface area contributed by atoms with Gasteiger partial charge in [0.1, 0.15) is 0 Å². The number of benzene rings is 1. The van der Waals surface area contributed by atoms with Crippen LogP contribution in [0, 0.1) is 10.1 Å². The quantitative estimate of drug-likeness (QED) is 0.616. The number of sulfonamides is 1. The summed E-state index contributed by atoms with van der Waals surface area (Å²) in [5.74, 6) is 0. The zero-order valence-electron chi connectivity index (χ0n) is 9.96. The minimum absolute atomic E-state index is 0.125. The first-order valence-corrected chi connectivity index (χ1v) is 7.10. The van der Waals surface area contributed by atoms with Gasteiger partial charge in [-0.1, -0.05) is 25.4 Å². The van der Waals surface area contributed by atoms with Crippen LogP contribution in [0.4, 0.5) is 5.69 Å². The Morgan fingerprint density at radius 3 is 2.33 bits per heavy atom. The van der Waals surface area contributed by atoms with Gasteiger partial charge in [0, 0.05) is 24.2 Å². The Balaban J connectivity index is 3.46. The molecule has 0 atom stereocenters. The Kier molecular flexibility index (Phi) is 4.66. The lowest BCUT2D eigenvalue weighted by Crippen LogP contribution is -2.31. The van der Waals surface area contributed by atoms with Gasteiger partial charge in [-0.15, -0.1) is 0 Å². The van der Waals surface area contributed by atoms with Crippen LogP contribution in [0.5, 0.6) is 0 Å². The summed E-state index contributed by atoms with van der Waals surface area (Å²) in [6.07, 6.45) is 0. The average Bonchev–Trinajstić information content (AvgIpc) is 2.29. The second-order valence-corrected chi connectivity index (χ2v) is 5.80. The van der Waals surface area contributed by atoms with Crippen molar-refractivity contribution in [2.75, 3.05) is 13.1 Å². The summed E-state index contributed by atoms with van der Waals surface area (Å²) < 4.78 is 25.6. The Hall–Kier alpha value is -1.18. The highest BCUT2D eigenvalue weighted by Gasteiger charge is 2.30. The Bertz CT molecular complexity index is 555. The fourth-order valence-corrected chi connectivity index (χ4v) is 3.32. The molecule has 1 rings (SSSR count). The molecule has 8 heteroatoms. The molecule has 0 saturated carbocycles. The Morgan fingerprint density at radius 1 is 1.33 bits per heavy atom. The molecule has 0 aliphatic rings. The van der Waals surface area contributed by atoms with Crippen LogP contribution >= 0.6 is 11.6 Å². The molecule has 1 aromatic carbocycles. The summed E-state index contributed by atoms with van der Waals surface area (Å²) >= 11 is 5.65. The van der Waals surface area contributed by atoms with Gasteiger partial charge in [-0.2, -0.15) is 4.31 Å². The van der Waals surface area contributed by atoms with E-state index in [0.717, 1.165) is 16.4 Å². The number of halogens is 1. The highest BCUT2D eigenvalue weighted by Crippen LogP contribution is 2.29. The predicted molar refractivity (Wildman–Crippen MR) is 68.2 cm³/mol. The Labute approximate surface area is 110 Å². The van der Waals surface area contributed by atoms with Gasteiger partial charge in [-0.25, -0.2) is 8.42 Å².